The van der Waals surface area contributed by atoms with Crippen LogP contribution in [0.3, 0.4) is 0 Å². The molecule has 0 aliphatic carbocycles. The van der Waals surface area contributed by atoms with E-state index in [-0.39, 0.29) is 0 Å². The average Bonchev–Trinajstić information content (AvgIpc) is 2.62. The van der Waals surface area contributed by atoms with Crippen molar-refractivity contribution in [3.05, 3.63) is 53.1 Å². The van der Waals surface area contributed by atoms with Crippen molar-refractivity contribution in [2.24, 2.45) is 0 Å². The summed E-state index contributed by atoms with van der Waals surface area (Å²) in [4.78, 5) is 2.49. The molecule has 1 fully saturated rings. The van der Waals surface area contributed by atoms with E-state index in [2.05, 4.69) is 4.90 Å². The lowest BCUT2D eigenvalue weighted by Gasteiger charge is -2.35. The van der Waals surface area contributed by atoms with E-state index in [0.717, 1.165) is 11.3 Å². The van der Waals surface area contributed by atoms with Gasteiger partial charge in [-0.15, -0.1) is 0 Å². The van der Waals surface area contributed by atoms with Crippen molar-refractivity contribution in [1.82, 2.24) is 4.31 Å². The van der Waals surface area contributed by atoms with Crippen LogP contribution in [0.25, 0.3) is 0 Å². The maximum atomic E-state index is 12.8. The highest BCUT2D eigenvalue weighted by Gasteiger charge is 2.28. The van der Waals surface area contributed by atoms with Crippen LogP contribution in [0, 0.1) is 6.92 Å². The number of rotatable bonds is 4. The zero-order valence-corrected chi connectivity index (χ0v) is 15.8. The first-order valence-corrected chi connectivity index (χ1v) is 9.89. The molecule has 3 rings (SSSR count). The molecule has 25 heavy (non-hydrogen) atoms. The fourth-order valence-electron chi connectivity index (χ4n) is 2.96. The van der Waals surface area contributed by atoms with Crippen molar-refractivity contribution >= 4 is 27.3 Å². The van der Waals surface area contributed by atoms with Crippen LogP contribution in [-0.4, -0.2) is 46.0 Å². The summed E-state index contributed by atoms with van der Waals surface area (Å²) < 4.78 is 32.3. The summed E-state index contributed by atoms with van der Waals surface area (Å²) in [6.07, 6.45) is 0. The lowest BCUT2D eigenvalue weighted by molar-refractivity contribution is 0.384. The Labute approximate surface area is 153 Å². The molecule has 0 bridgehead atoms. The number of nitrogens with zero attached hydrogens (tertiary/aromatic N) is 2. The Morgan fingerprint density at radius 2 is 1.76 bits per heavy atom. The number of ether oxygens (including phenoxy) is 1. The van der Waals surface area contributed by atoms with Gasteiger partial charge in [0.05, 0.1) is 17.0 Å². The summed E-state index contributed by atoms with van der Waals surface area (Å²) in [6.45, 7) is 4.02. The third kappa shape index (κ3) is 3.76. The summed E-state index contributed by atoms with van der Waals surface area (Å²) in [7, 11) is -1.87. The number of sulfonamides is 1. The van der Waals surface area contributed by atoms with Gasteiger partial charge in [-0.3, -0.25) is 0 Å². The van der Waals surface area contributed by atoms with Crippen LogP contribution in [0.15, 0.2) is 47.4 Å². The van der Waals surface area contributed by atoms with Gasteiger partial charge in [-0.05, 0) is 42.8 Å². The molecule has 0 spiro atoms. The van der Waals surface area contributed by atoms with E-state index in [9.17, 15) is 8.42 Å². The molecule has 0 atom stereocenters. The molecule has 134 valence electrons. The predicted molar refractivity (Wildman–Crippen MR) is 100 cm³/mol. The zero-order valence-electron chi connectivity index (χ0n) is 14.3. The predicted octanol–water partition coefficient (Wildman–Crippen LogP) is 3.17. The maximum absolute atomic E-state index is 12.8. The van der Waals surface area contributed by atoms with E-state index >= 15 is 0 Å². The first kappa shape index (κ1) is 18.0. The second kappa shape index (κ2) is 7.23. The van der Waals surface area contributed by atoms with E-state index in [1.807, 2.05) is 31.2 Å². The maximum Gasteiger partial charge on any atom is 0.243 e. The van der Waals surface area contributed by atoms with Gasteiger partial charge in [0, 0.05) is 31.9 Å². The highest BCUT2D eigenvalue weighted by Crippen LogP contribution is 2.30. The minimum Gasteiger partial charge on any atom is -0.495 e. The molecule has 0 saturated carbocycles. The molecule has 5 nitrogen and oxygen atoms in total. The molecule has 1 saturated heterocycles. The molecule has 2 aromatic carbocycles. The van der Waals surface area contributed by atoms with Gasteiger partial charge in [-0.25, -0.2) is 8.42 Å². The molecular formula is C18H21ClN2O3S. The fourth-order valence-corrected chi connectivity index (χ4v) is 4.74. The monoisotopic (exact) mass is 380 g/mol. The number of hydrogen-bond donors (Lipinski definition) is 0. The first-order chi connectivity index (χ1) is 11.9. The highest BCUT2D eigenvalue weighted by atomic mass is 35.5. The SMILES string of the molecule is COc1ccc(N2CCN(S(=O)(=O)c3cccc(C)c3)CC2)cc1Cl. The van der Waals surface area contributed by atoms with Gasteiger partial charge in [-0.1, -0.05) is 23.7 Å². The lowest BCUT2D eigenvalue weighted by atomic mass is 10.2. The third-order valence-electron chi connectivity index (χ3n) is 4.37. The summed E-state index contributed by atoms with van der Waals surface area (Å²) in [5.74, 6) is 0.631. The summed E-state index contributed by atoms with van der Waals surface area (Å²) >= 11 is 6.19. The molecular weight excluding hydrogens is 360 g/mol. The van der Waals surface area contributed by atoms with E-state index in [1.165, 1.54) is 0 Å². The number of aryl methyl sites for hydroxylation is 1. The quantitative estimate of drug-likeness (QED) is 0.817. The Morgan fingerprint density at radius 3 is 2.36 bits per heavy atom. The van der Waals surface area contributed by atoms with Crippen molar-refractivity contribution in [2.45, 2.75) is 11.8 Å². The normalized spacial score (nSPS) is 16.0. The van der Waals surface area contributed by atoms with Gasteiger partial charge in [-0.2, -0.15) is 4.31 Å². The topological polar surface area (TPSA) is 49.9 Å². The zero-order chi connectivity index (χ0) is 18.0. The van der Waals surface area contributed by atoms with Gasteiger partial charge < -0.3 is 9.64 Å². The molecule has 2 aromatic rings. The Balaban J connectivity index is 1.72. The molecule has 1 aliphatic rings. The average molecular weight is 381 g/mol. The number of piperazine rings is 1. The fraction of sp³-hybridized carbons (Fsp3) is 0.333. The smallest absolute Gasteiger partial charge is 0.243 e. The summed E-state index contributed by atoms with van der Waals surface area (Å²) in [5, 5.41) is 0.551. The Hall–Kier alpha value is -1.76. The van der Waals surface area contributed by atoms with Crippen LogP contribution in [-0.2, 0) is 10.0 Å². The van der Waals surface area contributed by atoms with Crippen molar-refractivity contribution in [1.29, 1.82) is 0 Å². The molecule has 0 aromatic heterocycles. The van der Waals surface area contributed by atoms with Gasteiger partial charge in [0.15, 0.2) is 0 Å². The standard InChI is InChI=1S/C18H21ClN2O3S/c1-14-4-3-5-16(12-14)25(22,23)21-10-8-20(9-11-21)15-6-7-18(24-2)17(19)13-15/h3-7,12-13H,8-11H2,1-2H3. The molecule has 7 heteroatoms. The van der Waals surface area contributed by atoms with Gasteiger partial charge in [0.25, 0.3) is 0 Å². The van der Waals surface area contributed by atoms with Gasteiger partial charge in [0.1, 0.15) is 5.75 Å². The molecule has 1 aliphatic heterocycles. The summed E-state index contributed by atoms with van der Waals surface area (Å²) in [6, 6.07) is 12.7. The largest absolute Gasteiger partial charge is 0.495 e. The lowest BCUT2D eigenvalue weighted by Crippen LogP contribution is -2.48. The number of methoxy groups -OCH3 is 1. The Kier molecular flexibility index (Phi) is 5.22. The Morgan fingerprint density at radius 1 is 1.04 bits per heavy atom. The molecule has 0 unspecified atom stereocenters. The van der Waals surface area contributed by atoms with Crippen molar-refractivity contribution in [2.75, 3.05) is 38.2 Å². The highest BCUT2D eigenvalue weighted by molar-refractivity contribution is 7.89. The van der Waals surface area contributed by atoms with Crippen LogP contribution in [0.1, 0.15) is 5.56 Å². The molecule has 1 heterocycles. The Bertz CT molecular complexity index is 862. The number of anilines is 1. The minimum absolute atomic E-state index is 0.355. The van der Waals surface area contributed by atoms with Gasteiger partial charge >= 0.3 is 0 Å². The second-order valence-electron chi connectivity index (χ2n) is 6.03. The van der Waals surface area contributed by atoms with Crippen LogP contribution < -0.4 is 9.64 Å². The van der Waals surface area contributed by atoms with Gasteiger partial charge in [0.2, 0.25) is 10.0 Å². The van der Waals surface area contributed by atoms with Crippen molar-refractivity contribution < 1.29 is 13.2 Å². The van der Waals surface area contributed by atoms with Crippen LogP contribution >= 0.6 is 11.6 Å². The van der Waals surface area contributed by atoms with Crippen molar-refractivity contribution in [3.63, 3.8) is 0 Å². The summed E-state index contributed by atoms with van der Waals surface area (Å²) in [5.41, 5.74) is 1.91. The number of benzene rings is 2. The number of halogens is 1. The number of hydrogen-bond acceptors (Lipinski definition) is 4. The van der Waals surface area contributed by atoms with Crippen LogP contribution in [0.4, 0.5) is 5.69 Å². The van der Waals surface area contributed by atoms with Crippen LogP contribution in [0.2, 0.25) is 5.02 Å². The minimum atomic E-state index is -3.45. The van der Waals surface area contributed by atoms with E-state index in [4.69, 9.17) is 16.3 Å². The first-order valence-electron chi connectivity index (χ1n) is 8.07. The molecule has 0 amide bonds. The molecule has 0 N–H and O–H groups in total. The third-order valence-corrected chi connectivity index (χ3v) is 6.56. The van der Waals surface area contributed by atoms with E-state index < -0.39 is 10.0 Å². The second-order valence-corrected chi connectivity index (χ2v) is 8.37. The van der Waals surface area contributed by atoms with E-state index in [0.29, 0.717) is 41.8 Å². The van der Waals surface area contributed by atoms with E-state index in [1.54, 1.807) is 29.6 Å². The molecule has 0 radical (unpaired) electrons. The van der Waals surface area contributed by atoms with Crippen molar-refractivity contribution in [3.8, 4) is 5.75 Å². The van der Waals surface area contributed by atoms with Crippen LogP contribution in [0.5, 0.6) is 5.75 Å².